The molecular weight excluding hydrogens is 1080 g/mol. The molecule has 4 amide bonds. The van der Waals surface area contributed by atoms with Gasteiger partial charge in [0.15, 0.2) is 28.9 Å². The lowest BCUT2D eigenvalue weighted by Crippen LogP contribution is -2.37. The van der Waals surface area contributed by atoms with Crippen LogP contribution in [0.3, 0.4) is 0 Å². The van der Waals surface area contributed by atoms with Crippen molar-refractivity contribution in [1.29, 1.82) is 0 Å². The Morgan fingerprint density at radius 1 is 0.753 bits per heavy atom. The Balaban J connectivity index is 1.05. The number of para-hydroxylation sites is 1. The first-order valence-electron chi connectivity index (χ1n) is 26.1. The van der Waals surface area contributed by atoms with Crippen LogP contribution in [-0.2, 0) is 58.9 Å². The molecule has 2 fully saturated rings. The van der Waals surface area contributed by atoms with Crippen LogP contribution in [0.2, 0.25) is 0 Å². The summed E-state index contributed by atoms with van der Waals surface area (Å²) in [7, 11) is 4.68. The number of ether oxygens (including phenoxy) is 7. The number of benzene rings is 3. The zero-order valence-corrected chi connectivity index (χ0v) is 46.0. The number of allylic oxidation sites excluding steroid dienone is 4. The molecule has 0 bridgehead atoms. The number of thioether (sulfide) groups is 1. The van der Waals surface area contributed by atoms with Crippen LogP contribution in [0.15, 0.2) is 72.0 Å². The highest BCUT2D eigenvalue weighted by molar-refractivity contribution is 8.00. The minimum absolute atomic E-state index is 0.0113. The van der Waals surface area contributed by atoms with Crippen molar-refractivity contribution in [3.8, 4) is 28.7 Å². The molecule has 25 heteroatoms. The summed E-state index contributed by atoms with van der Waals surface area (Å²) in [5, 5.41) is 32.7. The Bertz CT molecular complexity index is 2920. The maximum absolute atomic E-state index is 15.1. The molecule has 1 aliphatic carbocycles. The van der Waals surface area contributed by atoms with Gasteiger partial charge in [-0.25, -0.2) is 27.7 Å². The molecular formula is C56H65F2N6O16S+. The minimum atomic E-state index is -1.02. The number of carbonyl (C=O) groups excluding carboxylic acids is 7. The molecule has 0 saturated carbocycles. The molecule has 3 aromatic rings. The fraction of sp³-hybridized carbons (Fsp3) is 0.429. The lowest BCUT2D eigenvalue weighted by atomic mass is 9.87. The van der Waals surface area contributed by atoms with E-state index in [1.165, 1.54) is 41.9 Å². The van der Waals surface area contributed by atoms with Gasteiger partial charge in [0.25, 0.3) is 0 Å². The number of esters is 4. The van der Waals surface area contributed by atoms with E-state index in [-0.39, 0.29) is 106 Å². The molecule has 3 aromatic carbocycles. The Morgan fingerprint density at radius 3 is 1.98 bits per heavy atom. The van der Waals surface area contributed by atoms with E-state index in [9.17, 15) is 43.8 Å². The second kappa shape index (κ2) is 28.7. The normalized spacial score (nSPS) is 16.5. The number of hydrogen-bond acceptors (Lipinski definition) is 18. The Kier molecular flexibility index (Phi) is 21.4. The van der Waals surface area contributed by atoms with Crippen LogP contribution >= 0.6 is 11.8 Å². The van der Waals surface area contributed by atoms with Crippen LogP contribution < -0.4 is 35.6 Å². The number of phenols is 2. The predicted molar refractivity (Wildman–Crippen MR) is 290 cm³/mol. The van der Waals surface area contributed by atoms with Crippen LogP contribution in [0.1, 0.15) is 61.6 Å². The molecule has 434 valence electrons. The van der Waals surface area contributed by atoms with Crippen molar-refractivity contribution in [1.82, 2.24) is 21.3 Å². The number of fused-ring (bicyclic) bond motifs is 3. The van der Waals surface area contributed by atoms with Crippen LogP contribution in [0.25, 0.3) is 5.57 Å². The van der Waals surface area contributed by atoms with E-state index in [1.807, 2.05) is 11.8 Å². The van der Waals surface area contributed by atoms with E-state index >= 15 is 8.78 Å². The monoisotopic (exact) mass is 1150 g/mol. The molecule has 6 N–H and O–H groups in total. The summed E-state index contributed by atoms with van der Waals surface area (Å²) in [6, 6.07) is 9.05. The van der Waals surface area contributed by atoms with Gasteiger partial charge in [0.05, 0.1) is 52.6 Å². The highest BCUT2D eigenvalue weighted by Gasteiger charge is 2.42. The Labute approximate surface area is 469 Å². The average Bonchev–Trinajstić information content (AvgIpc) is 4.22. The van der Waals surface area contributed by atoms with E-state index in [0.29, 0.717) is 43.2 Å². The van der Waals surface area contributed by atoms with Crippen molar-refractivity contribution in [2.75, 3.05) is 91.6 Å². The van der Waals surface area contributed by atoms with E-state index in [1.54, 1.807) is 18.2 Å². The number of anilines is 1. The first-order valence-corrected chi connectivity index (χ1v) is 27.2. The number of amides is 4. The van der Waals surface area contributed by atoms with Crippen LogP contribution in [-0.4, -0.2) is 166 Å². The van der Waals surface area contributed by atoms with Crippen molar-refractivity contribution < 1.29 is 90.3 Å². The van der Waals surface area contributed by atoms with Crippen molar-refractivity contribution >= 4 is 70.5 Å². The zero-order chi connectivity index (χ0) is 58.2. The smallest absolute Gasteiger partial charge is 0.371 e. The lowest BCUT2D eigenvalue weighted by molar-refractivity contribution is -0.508. The van der Waals surface area contributed by atoms with Crippen molar-refractivity contribution in [2.45, 2.75) is 68.7 Å². The first kappa shape index (κ1) is 60.3. The second-order valence-electron chi connectivity index (χ2n) is 19.0. The summed E-state index contributed by atoms with van der Waals surface area (Å²) in [6.07, 6.45) is 9.31. The Hall–Kier alpha value is -8.35. The fourth-order valence-electron chi connectivity index (χ4n) is 9.56. The molecule has 3 atom stereocenters. The number of rotatable bonds is 27. The molecule has 81 heavy (non-hydrogen) atoms. The fourth-order valence-corrected chi connectivity index (χ4v) is 11.1. The third-order valence-electron chi connectivity index (χ3n) is 13.6. The number of methoxy groups -OCH3 is 4. The average molecular weight is 1150 g/mol. The topological polar surface area (TPSA) is 279 Å². The van der Waals surface area contributed by atoms with E-state index in [4.69, 9.17) is 33.2 Å². The van der Waals surface area contributed by atoms with Gasteiger partial charge in [0, 0.05) is 65.4 Å². The van der Waals surface area contributed by atoms with E-state index in [0.717, 1.165) is 69.9 Å². The molecule has 22 nitrogen and oxygen atoms in total. The molecule has 0 radical (unpaired) electrons. The number of halogens is 2. The maximum atomic E-state index is 15.1. The zero-order valence-electron chi connectivity index (χ0n) is 45.2. The first-order chi connectivity index (χ1) is 39.0. The molecule has 0 spiro atoms. The van der Waals surface area contributed by atoms with Crippen LogP contribution in [0.4, 0.5) is 19.3 Å². The third kappa shape index (κ3) is 15.9. The van der Waals surface area contributed by atoms with Crippen molar-refractivity contribution in [3.05, 3.63) is 100 Å². The van der Waals surface area contributed by atoms with Gasteiger partial charge in [-0.2, -0.15) is 11.8 Å². The van der Waals surface area contributed by atoms with Gasteiger partial charge in [-0.15, -0.1) is 0 Å². The molecule has 3 aliphatic heterocycles. The highest BCUT2D eigenvalue weighted by Crippen LogP contribution is 2.49. The van der Waals surface area contributed by atoms with Gasteiger partial charge in [-0.1, -0.05) is 18.6 Å². The molecule has 0 aromatic heterocycles. The number of hydrogen-bond donors (Lipinski definition) is 6. The summed E-state index contributed by atoms with van der Waals surface area (Å²) in [5.74, 6) is -5.86. The van der Waals surface area contributed by atoms with Crippen LogP contribution in [0, 0.1) is 11.6 Å². The number of carbonyl (C=O) groups is 7. The summed E-state index contributed by atoms with van der Waals surface area (Å²) in [6.45, 7) is -1.55. The van der Waals surface area contributed by atoms with Gasteiger partial charge >= 0.3 is 29.9 Å². The van der Waals surface area contributed by atoms with E-state index in [2.05, 4.69) is 21.3 Å². The van der Waals surface area contributed by atoms with Gasteiger partial charge < -0.3 is 69.5 Å². The molecule has 3 unspecified atom stereocenters. The molecule has 4 aliphatic rings. The molecule has 7 rings (SSSR count). The highest BCUT2D eigenvalue weighted by atomic mass is 32.2. The number of nitrogens with zero attached hydrogens (tertiary/aromatic N) is 2. The van der Waals surface area contributed by atoms with Gasteiger partial charge in [-0.3, -0.25) is 19.2 Å². The number of nitrogens with one attached hydrogen (secondary N) is 4. The number of phenolic OH excluding ortho intramolecular Hbond substituents is 2. The number of urea groups is 1. The van der Waals surface area contributed by atoms with Crippen LogP contribution in [0.5, 0.6) is 28.7 Å². The van der Waals surface area contributed by atoms with Crippen molar-refractivity contribution in [2.24, 2.45) is 0 Å². The van der Waals surface area contributed by atoms with Gasteiger partial charge in [0.2, 0.25) is 30.6 Å². The van der Waals surface area contributed by atoms with Crippen molar-refractivity contribution in [3.63, 3.8) is 0 Å². The summed E-state index contributed by atoms with van der Waals surface area (Å²) in [5.41, 5.74) is 1.35. The third-order valence-corrected chi connectivity index (χ3v) is 15.1. The minimum Gasteiger partial charge on any atom is -0.505 e. The quantitative estimate of drug-likeness (QED) is 0.0158. The standard InChI is InChI=1S/C56H64F2N6O16S/c1-74-49(69)27-63(28-50(70)75-2)39-16-15-32(53-34-23-36(57)40(65)25-43(34)80-44-26-41(66)37(58)24-35(44)53)21-45(39)79-20-19-78-42-12-10-11-33(55(42)64(29-51(71)76-3)30-52(72)77-4)22-48(68)60-18-9-5-8-17-59-47(67)14-7-6-13-46-54-38(31-81-46)61-56(73)62-54/h10-12,15-16,21,23-26,38,46,54H,5-9,13-14,17-20,22,27-31H2,1-4H3,(H5,59,60,61,62,65,66,67,68,73)/p+1. The largest absolute Gasteiger partial charge is 0.505 e. The maximum Gasteiger partial charge on any atom is 0.371 e. The molecule has 3 heterocycles. The SMILES string of the molecule is COC(=O)CN(CC(=O)OC)c1c(CC(=O)NCCCCCNC(=O)CCCCC2SCC3NC(=O)NC32)cccc1OCCOC1=CC(=C2c3cc(F)c(O)cc3Oc3cc(O)c(F)cc32)C=CC1=[N+](CC(=O)OC)CC(=O)OC. The summed E-state index contributed by atoms with van der Waals surface area (Å²) < 4.78 is 69.8. The Morgan fingerprint density at radius 2 is 1.36 bits per heavy atom. The molecule has 2 saturated heterocycles. The number of unbranched alkanes of at least 4 members (excludes halogenated alkanes) is 3. The van der Waals surface area contributed by atoms with Gasteiger partial charge in [0.1, 0.15) is 43.6 Å². The summed E-state index contributed by atoms with van der Waals surface area (Å²) >= 11 is 1.85. The lowest BCUT2D eigenvalue weighted by Gasteiger charge is -2.27. The number of aromatic hydroxyl groups is 2. The second-order valence-corrected chi connectivity index (χ2v) is 20.3. The van der Waals surface area contributed by atoms with E-state index < -0.39 is 73.2 Å². The summed E-state index contributed by atoms with van der Waals surface area (Å²) in [4.78, 5) is 90.2. The van der Waals surface area contributed by atoms with Gasteiger partial charge in [-0.05, 0) is 73.6 Å². The predicted octanol–water partition coefficient (Wildman–Crippen LogP) is 4.46.